The molecule has 3 heterocycles. The van der Waals surface area contributed by atoms with E-state index in [1.165, 1.54) is 25.5 Å². The Morgan fingerprint density at radius 2 is 1.93 bits per heavy atom. The fourth-order valence-electron chi connectivity index (χ4n) is 8.69. The maximum absolute atomic E-state index is 13.2. The summed E-state index contributed by atoms with van der Waals surface area (Å²) >= 11 is 0. The molecule has 1 amide bonds. The van der Waals surface area contributed by atoms with E-state index in [0.717, 1.165) is 44.5 Å². The highest BCUT2D eigenvalue weighted by molar-refractivity contribution is 5.99. The second kappa shape index (κ2) is 5.18. The third-order valence-corrected chi connectivity index (χ3v) is 9.11. The normalized spacial score (nSPS) is 42.7. The van der Waals surface area contributed by atoms with Crippen LogP contribution in [0.25, 0.3) is 0 Å². The molecule has 0 N–H and O–H groups in total. The summed E-state index contributed by atoms with van der Waals surface area (Å²) in [5.41, 5.74) is 1.89. The number of hydrogen-bond donors (Lipinski definition) is 0. The molecule has 5 atom stereocenters. The first-order valence-electron chi connectivity index (χ1n) is 10.7. The van der Waals surface area contributed by atoms with Gasteiger partial charge in [-0.25, -0.2) is 0 Å². The van der Waals surface area contributed by atoms with Gasteiger partial charge in [0.05, 0.1) is 18.6 Å². The Morgan fingerprint density at radius 3 is 2.71 bits per heavy atom. The van der Waals surface area contributed by atoms with E-state index in [9.17, 15) is 9.59 Å². The van der Waals surface area contributed by atoms with E-state index >= 15 is 0 Å². The molecule has 7 rings (SSSR count). The summed E-state index contributed by atoms with van der Waals surface area (Å²) in [5.74, 6) is -0.307. The predicted octanol–water partition coefficient (Wildman–Crippen LogP) is 2.87. The Kier molecular flexibility index (Phi) is 3.15. The number of esters is 1. The lowest BCUT2D eigenvalue weighted by Gasteiger charge is -2.70. The van der Waals surface area contributed by atoms with Gasteiger partial charge in [-0.2, -0.15) is 0 Å². The smallest absolute Gasteiger partial charge is 0.311 e. The number of rotatable bonds is 1. The van der Waals surface area contributed by atoms with Crippen LogP contribution in [0, 0.1) is 11.3 Å². The van der Waals surface area contributed by atoms with Crippen LogP contribution in [-0.4, -0.2) is 48.6 Å². The SMILES string of the molecule is COC(=O)[C@@H]1CC23CCCN4CC[C@]5(c6ccccc6N(C(C)=O)C15CC2)[C@@H]43. The summed E-state index contributed by atoms with van der Waals surface area (Å²) < 4.78 is 5.36. The summed E-state index contributed by atoms with van der Waals surface area (Å²) in [6.45, 7) is 3.89. The van der Waals surface area contributed by atoms with Gasteiger partial charge in [-0.15, -0.1) is 0 Å². The first-order valence-corrected chi connectivity index (χ1v) is 10.7. The predicted molar refractivity (Wildman–Crippen MR) is 105 cm³/mol. The van der Waals surface area contributed by atoms with E-state index < -0.39 is 5.54 Å². The van der Waals surface area contributed by atoms with Crippen molar-refractivity contribution in [3.8, 4) is 0 Å². The first-order chi connectivity index (χ1) is 13.5. The zero-order valence-electron chi connectivity index (χ0n) is 16.7. The summed E-state index contributed by atoms with van der Waals surface area (Å²) in [7, 11) is 1.51. The lowest BCUT2D eigenvalue weighted by molar-refractivity contribution is -0.175. The van der Waals surface area contributed by atoms with Gasteiger partial charge >= 0.3 is 5.97 Å². The van der Waals surface area contributed by atoms with Gasteiger partial charge < -0.3 is 9.64 Å². The molecule has 5 heteroatoms. The molecule has 5 fully saturated rings. The molecule has 6 aliphatic rings. The molecule has 28 heavy (non-hydrogen) atoms. The largest absolute Gasteiger partial charge is 0.469 e. The molecule has 3 aliphatic heterocycles. The first kappa shape index (κ1) is 17.0. The fourth-order valence-corrected chi connectivity index (χ4v) is 8.69. The maximum atomic E-state index is 13.2. The third-order valence-electron chi connectivity index (χ3n) is 9.11. The average molecular weight is 380 g/mol. The topological polar surface area (TPSA) is 49.9 Å². The van der Waals surface area contributed by atoms with Crippen LogP contribution >= 0.6 is 0 Å². The fraction of sp³-hybridized carbons (Fsp3) is 0.652. The second-order valence-corrected chi connectivity index (χ2v) is 9.70. The Bertz CT molecular complexity index is 900. The van der Waals surface area contributed by atoms with Gasteiger partial charge in [0, 0.05) is 24.1 Å². The number of fused-ring (bicyclic) bond motifs is 3. The number of carbonyl (C=O) groups excluding carboxylic acids is 2. The van der Waals surface area contributed by atoms with Crippen LogP contribution in [0.5, 0.6) is 0 Å². The standard InChI is InChI=1S/C23H28N2O3/c1-15(26)25-18-7-4-3-6-16(18)22-11-13-24-12-5-8-21(20(22)24)9-10-23(22,25)17(14-21)19(27)28-2/h3-4,6-7,17,20H,5,8-14H2,1-2H3/t17-,20-,21?,22-,23?/m0/s1. The molecule has 0 radical (unpaired) electrons. The number of methoxy groups -OCH3 is 1. The average Bonchev–Trinajstić information content (AvgIpc) is 3.23. The molecular weight excluding hydrogens is 352 g/mol. The van der Waals surface area contributed by atoms with Crippen molar-refractivity contribution in [2.75, 3.05) is 25.1 Å². The molecule has 3 aliphatic carbocycles. The van der Waals surface area contributed by atoms with Gasteiger partial charge in [-0.1, -0.05) is 18.2 Å². The summed E-state index contributed by atoms with van der Waals surface area (Å²) in [5, 5.41) is 0. The number of ether oxygens (including phenoxy) is 1. The van der Waals surface area contributed by atoms with E-state index in [1.54, 1.807) is 6.92 Å². The van der Waals surface area contributed by atoms with Crippen LogP contribution in [-0.2, 0) is 19.7 Å². The van der Waals surface area contributed by atoms with Crippen molar-refractivity contribution in [3.63, 3.8) is 0 Å². The number of hydrogen-bond acceptors (Lipinski definition) is 4. The van der Waals surface area contributed by atoms with Crippen LogP contribution < -0.4 is 4.90 Å². The molecule has 5 nitrogen and oxygen atoms in total. The van der Waals surface area contributed by atoms with Gasteiger partial charge in [-0.05, 0) is 68.7 Å². The number of benzene rings is 1. The number of para-hydroxylation sites is 1. The Hall–Kier alpha value is -1.88. The van der Waals surface area contributed by atoms with Crippen LogP contribution in [0.15, 0.2) is 24.3 Å². The molecule has 1 aromatic rings. The maximum Gasteiger partial charge on any atom is 0.311 e. The van der Waals surface area contributed by atoms with E-state index in [0.29, 0.717) is 6.04 Å². The van der Waals surface area contributed by atoms with Crippen molar-refractivity contribution >= 4 is 17.6 Å². The van der Waals surface area contributed by atoms with Crippen molar-refractivity contribution in [1.29, 1.82) is 0 Å². The summed E-state index contributed by atoms with van der Waals surface area (Å²) in [6, 6.07) is 8.91. The zero-order valence-corrected chi connectivity index (χ0v) is 16.7. The number of nitrogens with zero attached hydrogens (tertiary/aromatic N) is 2. The van der Waals surface area contributed by atoms with E-state index in [-0.39, 0.29) is 28.6 Å². The summed E-state index contributed by atoms with van der Waals surface area (Å²) in [4.78, 5) is 31.0. The van der Waals surface area contributed by atoms with E-state index in [1.807, 2.05) is 11.0 Å². The molecule has 2 bridgehead atoms. The summed E-state index contributed by atoms with van der Waals surface area (Å²) in [6.07, 6.45) is 6.33. The minimum absolute atomic E-state index is 0.0573. The monoisotopic (exact) mass is 380 g/mol. The molecular formula is C23H28N2O3. The zero-order chi connectivity index (χ0) is 19.3. The van der Waals surface area contributed by atoms with Crippen molar-refractivity contribution < 1.29 is 14.3 Å². The van der Waals surface area contributed by atoms with Crippen LogP contribution in [0.3, 0.4) is 0 Å². The number of amides is 1. The Balaban J connectivity index is 1.70. The molecule has 3 saturated carbocycles. The van der Waals surface area contributed by atoms with Gasteiger partial charge in [0.1, 0.15) is 0 Å². The number of anilines is 1. The molecule has 2 unspecified atom stereocenters. The quantitative estimate of drug-likeness (QED) is 0.703. The molecule has 2 saturated heterocycles. The highest BCUT2D eigenvalue weighted by Crippen LogP contribution is 2.75. The van der Waals surface area contributed by atoms with Crippen molar-refractivity contribution in [3.05, 3.63) is 29.8 Å². The van der Waals surface area contributed by atoms with Gasteiger partial charge in [0.25, 0.3) is 0 Å². The molecule has 0 aromatic heterocycles. The van der Waals surface area contributed by atoms with Crippen molar-refractivity contribution in [2.24, 2.45) is 11.3 Å². The van der Waals surface area contributed by atoms with Crippen molar-refractivity contribution in [1.82, 2.24) is 4.90 Å². The lowest BCUT2D eigenvalue weighted by atomic mass is 9.38. The number of carbonyl (C=O) groups is 2. The van der Waals surface area contributed by atoms with Crippen LogP contribution in [0.2, 0.25) is 0 Å². The van der Waals surface area contributed by atoms with Gasteiger partial charge in [-0.3, -0.25) is 14.5 Å². The minimum Gasteiger partial charge on any atom is -0.469 e. The highest BCUT2D eigenvalue weighted by Gasteiger charge is 2.81. The second-order valence-electron chi connectivity index (χ2n) is 9.70. The van der Waals surface area contributed by atoms with Gasteiger partial charge in [0.15, 0.2) is 0 Å². The lowest BCUT2D eigenvalue weighted by Crippen LogP contribution is -2.79. The molecule has 148 valence electrons. The van der Waals surface area contributed by atoms with E-state index in [4.69, 9.17) is 4.74 Å². The third kappa shape index (κ3) is 1.55. The van der Waals surface area contributed by atoms with Crippen LogP contribution in [0.4, 0.5) is 5.69 Å². The minimum atomic E-state index is -0.478. The highest BCUT2D eigenvalue weighted by atomic mass is 16.5. The van der Waals surface area contributed by atoms with Crippen LogP contribution in [0.1, 0.15) is 51.0 Å². The van der Waals surface area contributed by atoms with E-state index in [2.05, 4.69) is 23.1 Å². The molecule has 1 aromatic carbocycles. The van der Waals surface area contributed by atoms with Crippen molar-refractivity contribution in [2.45, 2.75) is 62.4 Å². The van der Waals surface area contributed by atoms with Gasteiger partial charge in [0.2, 0.25) is 5.91 Å². The Morgan fingerprint density at radius 1 is 1.11 bits per heavy atom. The Labute approximate surface area is 166 Å². The number of piperidine rings is 1. The molecule has 3 spiro atoms.